The van der Waals surface area contributed by atoms with Crippen molar-refractivity contribution < 1.29 is 22.4 Å². The Bertz CT molecular complexity index is 1700. The number of nitrogens with zero attached hydrogens (tertiary/aromatic N) is 3. The summed E-state index contributed by atoms with van der Waals surface area (Å²) in [5.41, 5.74) is 3.63. The molecule has 41 heavy (non-hydrogen) atoms. The smallest absolute Gasteiger partial charge is 0.326 e. The molecule has 1 saturated carbocycles. The molecule has 1 amide bonds. The average Bonchev–Trinajstić information content (AvgIpc) is 3.64. The summed E-state index contributed by atoms with van der Waals surface area (Å²) in [6.07, 6.45) is -0.0481. The molecule has 1 aliphatic rings. The van der Waals surface area contributed by atoms with E-state index in [4.69, 9.17) is 5.73 Å². The monoisotopic (exact) mass is 570 g/mol. The van der Waals surface area contributed by atoms with E-state index in [1.54, 1.807) is 12.1 Å². The molecule has 0 bridgehead atoms. The molecule has 4 aromatic rings. The largest absolute Gasteiger partial charge is 0.435 e. The van der Waals surface area contributed by atoms with Gasteiger partial charge < -0.3 is 11.1 Å². The third-order valence-corrected chi connectivity index (χ3v) is 6.98. The van der Waals surface area contributed by atoms with Gasteiger partial charge in [0.2, 0.25) is 0 Å². The number of amides is 1. The summed E-state index contributed by atoms with van der Waals surface area (Å²) in [5, 5.41) is 5.96. The first-order valence-electron chi connectivity index (χ1n) is 12.9. The van der Waals surface area contributed by atoms with E-state index < -0.39 is 46.6 Å². The lowest BCUT2D eigenvalue weighted by Gasteiger charge is -2.21. The summed E-state index contributed by atoms with van der Waals surface area (Å²) < 4.78 is 57.8. The van der Waals surface area contributed by atoms with Crippen LogP contribution in [-0.2, 0) is 12.7 Å². The number of nitrogens with two attached hydrogens (primary N) is 1. The lowest BCUT2D eigenvalue weighted by molar-refractivity contribution is -0.141. The molecule has 2 heterocycles. The number of benzene rings is 2. The molecule has 1 unspecified atom stereocenters. The van der Waals surface area contributed by atoms with Crippen LogP contribution in [0, 0.1) is 11.7 Å². The number of alkyl halides is 3. The normalized spacial score (nSPS) is 14.2. The first-order valence-corrected chi connectivity index (χ1v) is 12.9. The predicted octanol–water partition coefficient (Wildman–Crippen LogP) is 4.37. The molecule has 2 aromatic carbocycles. The van der Waals surface area contributed by atoms with Gasteiger partial charge in [-0.3, -0.25) is 19.1 Å². The fourth-order valence-electron chi connectivity index (χ4n) is 4.66. The summed E-state index contributed by atoms with van der Waals surface area (Å²) >= 11 is 0. The molecule has 0 spiro atoms. The molecule has 1 fully saturated rings. The van der Waals surface area contributed by atoms with Crippen molar-refractivity contribution in [3.05, 3.63) is 110 Å². The number of rotatable bonds is 9. The second-order valence-corrected chi connectivity index (χ2v) is 9.95. The number of carbonyl (C=O) groups excluding carboxylic acids is 1. The van der Waals surface area contributed by atoms with Gasteiger partial charge in [-0.1, -0.05) is 31.0 Å². The number of aromatic amines is 1. The van der Waals surface area contributed by atoms with Gasteiger partial charge in [-0.15, -0.1) is 0 Å². The predicted molar refractivity (Wildman–Crippen MR) is 142 cm³/mol. The number of carbonyl (C=O) groups is 1. The minimum atomic E-state index is -4.84. The molecule has 1 aliphatic carbocycles. The molecular formula is C28H26F4N6O3. The van der Waals surface area contributed by atoms with E-state index >= 15 is 0 Å². The fourth-order valence-corrected chi connectivity index (χ4v) is 4.66. The molecule has 9 nitrogen and oxygen atoms in total. The van der Waals surface area contributed by atoms with Crippen molar-refractivity contribution in [2.75, 3.05) is 5.32 Å². The summed E-state index contributed by atoms with van der Waals surface area (Å²) in [4.78, 5) is 39.7. The van der Waals surface area contributed by atoms with Crippen LogP contribution in [0.4, 0.5) is 23.2 Å². The number of hydrogen-bond donors (Lipinski definition) is 3. The zero-order chi connectivity index (χ0) is 29.3. The van der Waals surface area contributed by atoms with Crippen molar-refractivity contribution in [3.63, 3.8) is 0 Å². The Morgan fingerprint density at radius 1 is 1.12 bits per heavy atom. The van der Waals surface area contributed by atoms with E-state index in [2.05, 4.69) is 15.4 Å². The summed E-state index contributed by atoms with van der Waals surface area (Å²) in [5.74, 6) is -1.35. The molecule has 5 rings (SSSR count). The maximum atomic E-state index is 14.9. The fraction of sp³-hybridized carbons (Fsp3) is 0.286. The maximum absolute atomic E-state index is 14.9. The van der Waals surface area contributed by atoms with Gasteiger partial charge in [0.15, 0.2) is 5.69 Å². The van der Waals surface area contributed by atoms with E-state index in [1.807, 2.05) is 0 Å². The first-order chi connectivity index (χ1) is 19.5. The van der Waals surface area contributed by atoms with Crippen LogP contribution in [0.5, 0.6) is 0 Å². The second kappa shape index (κ2) is 11.2. The Kier molecular flexibility index (Phi) is 7.63. The quantitative estimate of drug-likeness (QED) is 0.258. The van der Waals surface area contributed by atoms with Crippen LogP contribution < -0.4 is 22.3 Å². The first kappa shape index (κ1) is 28.0. The van der Waals surface area contributed by atoms with E-state index in [1.165, 1.54) is 41.1 Å². The Morgan fingerprint density at radius 2 is 1.90 bits per heavy atom. The standard InChI is InChI=1S/C28H26F4N6O3/c29-20-8-7-18(22(9-6-16-4-5-16)37-11-10-25(39)35-27(37)41)13-21(20)34-26(40)23-14-24(28(30,31)32)36-38(23)19-3-1-2-17(12-19)15-33/h1-3,7-8,10-14,16,22H,4-6,9,15,33H2,(H,34,40)(H,35,39,41). The van der Waals surface area contributed by atoms with E-state index in [0.29, 0.717) is 29.5 Å². The summed E-state index contributed by atoms with van der Waals surface area (Å²) in [6, 6.07) is 11.3. The second-order valence-electron chi connectivity index (χ2n) is 9.95. The van der Waals surface area contributed by atoms with Crippen LogP contribution in [-0.4, -0.2) is 25.2 Å². The maximum Gasteiger partial charge on any atom is 0.435 e. The highest BCUT2D eigenvalue weighted by molar-refractivity contribution is 6.03. The number of aromatic nitrogens is 4. The third-order valence-electron chi connectivity index (χ3n) is 6.98. The summed E-state index contributed by atoms with van der Waals surface area (Å²) in [7, 11) is 0. The highest BCUT2D eigenvalue weighted by Crippen LogP contribution is 2.37. The minimum Gasteiger partial charge on any atom is -0.326 e. The van der Waals surface area contributed by atoms with Crippen LogP contribution >= 0.6 is 0 Å². The van der Waals surface area contributed by atoms with Crippen LogP contribution in [0.15, 0.2) is 70.4 Å². The number of halogens is 4. The SMILES string of the molecule is NCc1cccc(-n2nc(C(F)(F)F)cc2C(=O)Nc2cc(C(CCC3CC3)n3ccc(=O)[nH]c3=O)ccc2F)c1. The van der Waals surface area contributed by atoms with Crippen molar-refractivity contribution in [2.45, 2.75) is 44.4 Å². The minimum absolute atomic E-state index is 0.112. The topological polar surface area (TPSA) is 128 Å². The van der Waals surface area contributed by atoms with Crippen LogP contribution in [0.2, 0.25) is 0 Å². The van der Waals surface area contributed by atoms with Crippen LogP contribution in [0.1, 0.15) is 59.0 Å². The Labute approximate surface area is 230 Å². The van der Waals surface area contributed by atoms with Crippen molar-refractivity contribution in [2.24, 2.45) is 11.7 Å². The van der Waals surface area contributed by atoms with Crippen molar-refractivity contribution in [1.82, 2.24) is 19.3 Å². The van der Waals surface area contributed by atoms with Gasteiger partial charge in [0.1, 0.15) is 11.5 Å². The molecular weight excluding hydrogens is 544 g/mol. The Morgan fingerprint density at radius 3 is 2.59 bits per heavy atom. The van der Waals surface area contributed by atoms with Gasteiger partial charge in [0.25, 0.3) is 11.5 Å². The van der Waals surface area contributed by atoms with Gasteiger partial charge in [-0.05, 0) is 54.2 Å². The van der Waals surface area contributed by atoms with Gasteiger partial charge in [0.05, 0.1) is 17.4 Å². The number of nitrogens with one attached hydrogen (secondary N) is 2. The molecule has 4 N–H and O–H groups in total. The van der Waals surface area contributed by atoms with Crippen molar-refractivity contribution in [1.29, 1.82) is 0 Å². The lowest BCUT2D eigenvalue weighted by Crippen LogP contribution is -2.32. The molecule has 214 valence electrons. The molecule has 0 radical (unpaired) electrons. The number of hydrogen-bond acceptors (Lipinski definition) is 5. The van der Waals surface area contributed by atoms with Crippen molar-refractivity contribution >= 4 is 11.6 Å². The zero-order valence-corrected chi connectivity index (χ0v) is 21.6. The van der Waals surface area contributed by atoms with Crippen molar-refractivity contribution in [3.8, 4) is 5.69 Å². The zero-order valence-electron chi connectivity index (χ0n) is 21.6. The molecule has 2 aromatic heterocycles. The Hall–Kier alpha value is -4.52. The number of H-pyrrole nitrogens is 1. The number of anilines is 1. The Balaban J connectivity index is 1.51. The van der Waals surface area contributed by atoms with Crippen LogP contribution in [0.3, 0.4) is 0 Å². The molecule has 0 aliphatic heterocycles. The molecule has 13 heteroatoms. The van der Waals surface area contributed by atoms with E-state index in [9.17, 15) is 31.9 Å². The molecule has 1 atom stereocenters. The average molecular weight is 571 g/mol. The summed E-state index contributed by atoms with van der Waals surface area (Å²) in [6.45, 7) is 0.112. The third kappa shape index (κ3) is 6.30. The van der Waals surface area contributed by atoms with Gasteiger partial charge >= 0.3 is 11.9 Å². The van der Waals surface area contributed by atoms with Crippen LogP contribution in [0.25, 0.3) is 5.69 Å². The van der Waals surface area contributed by atoms with Gasteiger partial charge in [0, 0.05) is 24.9 Å². The van der Waals surface area contributed by atoms with E-state index in [0.717, 1.165) is 30.0 Å². The van der Waals surface area contributed by atoms with Gasteiger partial charge in [-0.25, -0.2) is 13.9 Å². The van der Waals surface area contributed by atoms with E-state index in [-0.39, 0.29) is 17.9 Å². The lowest BCUT2D eigenvalue weighted by atomic mass is 9.99. The highest BCUT2D eigenvalue weighted by Gasteiger charge is 2.36. The highest BCUT2D eigenvalue weighted by atomic mass is 19.4. The molecule has 0 saturated heterocycles. The van der Waals surface area contributed by atoms with Gasteiger partial charge in [-0.2, -0.15) is 18.3 Å².